The van der Waals surface area contributed by atoms with Crippen molar-refractivity contribution in [2.24, 2.45) is 5.73 Å². The number of nitrogens with one attached hydrogen (secondary N) is 1. The predicted molar refractivity (Wildman–Crippen MR) is 36.1 cm³/mol. The number of hydroxylamine groups is 1. The summed E-state index contributed by atoms with van der Waals surface area (Å²) < 4.78 is 0. The highest BCUT2D eigenvalue weighted by Crippen LogP contribution is 2.31. The van der Waals surface area contributed by atoms with Crippen LogP contribution in [0.5, 0.6) is 0 Å². The zero-order valence-corrected chi connectivity index (χ0v) is 6.22. The Balaban J connectivity index is 2.27. The summed E-state index contributed by atoms with van der Waals surface area (Å²) in [7, 11) is 0. The Kier molecular flexibility index (Phi) is 1.82. The molecule has 0 aromatic rings. The van der Waals surface area contributed by atoms with Gasteiger partial charge in [-0.15, -0.1) is 0 Å². The molecule has 0 aromatic heterocycles. The molecule has 3 N–H and O–H groups in total. The molecule has 1 aliphatic carbocycles. The van der Waals surface area contributed by atoms with E-state index >= 15 is 0 Å². The van der Waals surface area contributed by atoms with Crippen molar-refractivity contribution in [2.75, 3.05) is 0 Å². The largest absolute Gasteiger partial charge is 0.341 e. The summed E-state index contributed by atoms with van der Waals surface area (Å²) in [4.78, 5) is 25.4. The summed E-state index contributed by atoms with van der Waals surface area (Å²) in [6.45, 7) is 1.20. The van der Waals surface area contributed by atoms with Crippen LogP contribution in [0, 0.1) is 0 Å². The molecule has 0 spiro atoms. The molecule has 5 nitrogen and oxygen atoms in total. The van der Waals surface area contributed by atoms with Gasteiger partial charge in [-0.1, -0.05) is 0 Å². The third-order valence-electron chi connectivity index (χ3n) is 1.53. The van der Waals surface area contributed by atoms with E-state index in [0.717, 1.165) is 0 Å². The highest BCUT2D eigenvalue weighted by Gasteiger charge is 2.46. The van der Waals surface area contributed by atoms with Crippen LogP contribution in [0.3, 0.4) is 0 Å². The fraction of sp³-hybridized carbons (Fsp3) is 0.667. The average Bonchev–Trinajstić information content (AvgIpc) is 2.64. The predicted octanol–water partition coefficient (Wildman–Crippen LogP) is -0.928. The number of rotatable bonds is 1. The number of amides is 1. The van der Waals surface area contributed by atoms with Crippen LogP contribution >= 0.6 is 0 Å². The van der Waals surface area contributed by atoms with Crippen LogP contribution in [0.2, 0.25) is 0 Å². The van der Waals surface area contributed by atoms with Crippen LogP contribution in [0.15, 0.2) is 0 Å². The van der Waals surface area contributed by atoms with Crippen molar-refractivity contribution < 1.29 is 14.4 Å². The first-order chi connectivity index (χ1) is 5.04. The standard InChI is InChI=1S/C6H10N2O3/c1-4(9)11-8-5(10)6(7)2-3-6/h2-3,7H2,1H3,(H,8,10). The molecule has 0 heterocycles. The van der Waals surface area contributed by atoms with Crippen molar-refractivity contribution in [3.63, 3.8) is 0 Å². The molecule has 0 unspecified atom stereocenters. The van der Waals surface area contributed by atoms with Gasteiger partial charge >= 0.3 is 5.97 Å². The molecule has 0 radical (unpaired) electrons. The van der Waals surface area contributed by atoms with E-state index in [4.69, 9.17) is 5.73 Å². The van der Waals surface area contributed by atoms with Gasteiger partial charge < -0.3 is 10.6 Å². The summed E-state index contributed by atoms with van der Waals surface area (Å²) >= 11 is 0. The lowest BCUT2D eigenvalue weighted by Gasteiger charge is -2.07. The topological polar surface area (TPSA) is 81.4 Å². The second-order valence-corrected chi connectivity index (χ2v) is 2.68. The van der Waals surface area contributed by atoms with Crippen LogP contribution in [0.25, 0.3) is 0 Å². The highest BCUT2D eigenvalue weighted by atomic mass is 16.7. The first kappa shape index (κ1) is 8.00. The van der Waals surface area contributed by atoms with Crippen LogP contribution in [-0.4, -0.2) is 17.4 Å². The van der Waals surface area contributed by atoms with E-state index in [0.29, 0.717) is 12.8 Å². The number of hydrogen-bond donors (Lipinski definition) is 2. The molecule has 1 aliphatic rings. The van der Waals surface area contributed by atoms with Gasteiger partial charge in [-0.05, 0) is 12.8 Å². The molecule has 11 heavy (non-hydrogen) atoms. The lowest BCUT2D eigenvalue weighted by atomic mass is 10.3. The first-order valence-electron chi connectivity index (χ1n) is 3.31. The molecular weight excluding hydrogens is 148 g/mol. The van der Waals surface area contributed by atoms with Gasteiger partial charge in [0.15, 0.2) is 0 Å². The molecule has 0 atom stereocenters. The minimum atomic E-state index is -0.782. The Bertz CT molecular complexity index is 198. The average molecular weight is 158 g/mol. The molecule has 1 rings (SSSR count). The highest BCUT2D eigenvalue weighted by molar-refractivity contribution is 5.88. The zero-order chi connectivity index (χ0) is 8.48. The van der Waals surface area contributed by atoms with Crippen LogP contribution in [-0.2, 0) is 14.4 Å². The van der Waals surface area contributed by atoms with Crippen molar-refractivity contribution in [1.82, 2.24) is 5.48 Å². The lowest BCUT2D eigenvalue weighted by Crippen LogP contribution is -2.43. The second-order valence-electron chi connectivity index (χ2n) is 2.68. The van der Waals surface area contributed by atoms with E-state index < -0.39 is 17.4 Å². The van der Waals surface area contributed by atoms with Gasteiger partial charge in [-0.3, -0.25) is 9.59 Å². The molecule has 1 amide bonds. The summed E-state index contributed by atoms with van der Waals surface area (Å²) in [5.41, 5.74) is 6.66. The van der Waals surface area contributed by atoms with Crippen molar-refractivity contribution in [1.29, 1.82) is 0 Å². The van der Waals surface area contributed by atoms with Crippen LogP contribution in [0.1, 0.15) is 19.8 Å². The summed E-state index contributed by atoms with van der Waals surface area (Å²) in [6.07, 6.45) is 1.31. The van der Waals surface area contributed by atoms with Crippen LogP contribution in [0.4, 0.5) is 0 Å². The van der Waals surface area contributed by atoms with Gasteiger partial charge in [0.05, 0.1) is 5.54 Å². The van der Waals surface area contributed by atoms with E-state index in [1.165, 1.54) is 6.92 Å². The first-order valence-corrected chi connectivity index (χ1v) is 3.31. The third kappa shape index (κ3) is 1.91. The smallest absolute Gasteiger partial charge is 0.329 e. The molecule has 0 aliphatic heterocycles. The molecule has 1 fully saturated rings. The Morgan fingerprint density at radius 1 is 1.55 bits per heavy atom. The SMILES string of the molecule is CC(=O)ONC(=O)C1(N)CC1. The van der Waals surface area contributed by atoms with E-state index in [1.54, 1.807) is 0 Å². The molecule has 5 heteroatoms. The molecule has 0 bridgehead atoms. The zero-order valence-electron chi connectivity index (χ0n) is 6.22. The monoisotopic (exact) mass is 158 g/mol. The lowest BCUT2D eigenvalue weighted by molar-refractivity contribution is -0.156. The molecule has 0 aromatic carbocycles. The molecule has 1 saturated carbocycles. The molecule has 0 saturated heterocycles. The minimum absolute atomic E-state index is 0.423. The fourth-order valence-corrected chi connectivity index (χ4v) is 0.582. The van der Waals surface area contributed by atoms with Gasteiger partial charge in [0.1, 0.15) is 0 Å². The van der Waals surface area contributed by atoms with Gasteiger partial charge in [0, 0.05) is 6.92 Å². The number of carbonyl (C=O) groups excluding carboxylic acids is 2. The van der Waals surface area contributed by atoms with Gasteiger partial charge in [-0.2, -0.15) is 5.48 Å². The second kappa shape index (κ2) is 2.50. The Morgan fingerprint density at radius 2 is 2.09 bits per heavy atom. The number of carbonyl (C=O) groups is 2. The quantitative estimate of drug-likeness (QED) is 0.483. The maximum absolute atomic E-state index is 10.9. The van der Waals surface area contributed by atoms with Crippen molar-refractivity contribution in [3.8, 4) is 0 Å². The Labute approximate surface area is 63.8 Å². The Morgan fingerprint density at radius 3 is 2.45 bits per heavy atom. The van der Waals surface area contributed by atoms with E-state index in [9.17, 15) is 9.59 Å². The molecule has 62 valence electrons. The fourth-order valence-electron chi connectivity index (χ4n) is 0.582. The Hall–Kier alpha value is -1.10. The van der Waals surface area contributed by atoms with Gasteiger partial charge in [0.25, 0.3) is 5.91 Å². The van der Waals surface area contributed by atoms with Gasteiger partial charge in [-0.25, -0.2) is 0 Å². The normalized spacial score (nSPS) is 18.7. The van der Waals surface area contributed by atoms with Crippen molar-refractivity contribution >= 4 is 11.9 Å². The third-order valence-corrected chi connectivity index (χ3v) is 1.53. The van der Waals surface area contributed by atoms with E-state index in [2.05, 4.69) is 4.84 Å². The van der Waals surface area contributed by atoms with Gasteiger partial charge in [0.2, 0.25) is 0 Å². The number of nitrogens with two attached hydrogens (primary N) is 1. The summed E-state index contributed by atoms with van der Waals surface area (Å²) in [5, 5.41) is 0. The summed E-state index contributed by atoms with van der Waals surface area (Å²) in [6, 6.07) is 0. The van der Waals surface area contributed by atoms with Crippen LogP contribution < -0.4 is 11.2 Å². The maximum Gasteiger partial charge on any atom is 0.329 e. The number of hydrogen-bond acceptors (Lipinski definition) is 4. The van der Waals surface area contributed by atoms with E-state index in [-0.39, 0.29) is 0 Å². The van der Waals surface area contributed by atoms with Crippen molar-refractivity contribution in [3.05, 3.63) is 0 Å². The minimum Gasteiger partial charge on any atom is -0.341 e. The maximum atomic E-state index is 10.9. The summed E-state index contributed by atoms with van der Waals surface area (Å²) in [5.74, 6) is -0.977. The van der Waals surface area contributed by atoms with E-state index in [1.807, 2.05) is 5.48 Å². The molecular formula is C6H10N2O3. The van der Waals surface area contributed by atoms with Crippen molar-refractivity contribution in [2.45, 2.75) is 25.3 Å².